The number of alkyl halides is 1. The van der Waals surface area contributed by atoms with E-state index < -0.39 is 0 Å². The fourth-order valence-corrected chi connectivity index (χ4v) is 2.38. The van der Waals surface area contributed by atoms with E-state index in [0.717, 1.165) is 12.3 Å². The zero-order valence-corrected chi connectivity index (χ0v) is 7.87. The second kappa shape index (κ2) is 4.15. The van der Waals surface area contributed by atoms with Gasteiger partial charge >= 0.3 is 0 Å². The Labute approximate surface area is 74.6 Å². The van der Waals surface area contributed by atoms with Gasteiger partial charge in [-0.25, -0.2) is 0 Å². The SMILES string of the molecule is C=CCC1(CCl)CCCCC1. The van der Waals surface area contributed by atoms with Crippen LogP contribution in [0.25, 0.3) is 0 Å². The van der Waals surface area contributed by atoms with Gasteiger partial charge in [0.25, 0.3) is 0 Å². The fourth-order valence-electron chi connectivity index (χ4n) is 2.00. The van der Waals surface area contributed by atoms with Gasteiger partial charge in [-0.1, -0.05) is 25.3 Å². The average Bonchev–Trinajstić information content (AvgIpc) is 2.07. The Kier molecular flexibility index (Phi) is 3.45. The fraction of sp³-hybridized carbons (Fsp3) is 0.800. The molecule has 0 bridgehead atoms. The van der Waals surface area contributed by atoms with Crippen LogP contribution >= 0.6 is 11.6 Å². The number of hydrogen-bond acceptors (Lipinski definition) is 0. The Hall–Kier alpha value is 0.0300. The molecule has 0 heterocycles. The number of hydrogen-bond donors (Lipinski definition) is 0. The molecule has 0 aliphatic heterocycles. The van der Waals surface area contributed by atoms with Crippen LogP contribution in [0.15, 0.2) is 12.7 Å². The largest absolute Gasteiger partial charge is 0.126 e. The Bertz CT molecular complexity index is 123. The van der Waals surface area contributed by atoms with Crippen LogP contribution in [0.2, 0.25) is 0 Å². The van der Waals surface area contributed by atoms with Gasteiger partial charge in [0.2, 0.25) is 0 Å². The first-order chi connectivity index (χ1) is 5.33. The molecule has 0 atom stereocenters. The summed E-state index contributed by atoms with van der Waals surface area (Å²) in [4.78, 5) is 0. The van der Waals surface area contributed by atoms with E-state index in [0.29, 0.717) is 5.41 Å². The third-order valence-electron chi connectivity index (χ3n) is 2.78. The minimum atomic E-state index is 0.418. The molecule has 0 unspecified atom stereocenters. The minimum Gasteiger partial charge on any atom is -0.126 e. The first-order valence-electron chi connectivity index (χ1n) is 4.50. The molecule has 1 aliphatic carbocycles. The Morgan fingerprint density at radius 2 is 1.91 bits per heavy atom. The van der Waals surface area contributed by atoms with E-state index in [-0.39, 0.29) is 0 Å². The quantitative estimate of drug-likeness (QED) is 0.449. The van der Waals surface area contributed by atoms with Crippen molar-refractivity contribution in [2.24, 2.45) is 5.41 Å². The summed E-state index contributed by atoms with van der Waals surface area (Å²) in [5.41, 5.74) is 0.418. The van der Waals surface area contributed by atoms with E-state index in [1.165, 1.54) is 32.1 Å². The Balaban J connectivity index is 2.49. The van der Waals surface area contributed by atoms with Crippen molar-refractivity contribution >= 4 is 11.6 Å². The second-order valence-electron chi connectivity index (χ2n) is 3.69. The molecule has 0 aromatic heterocycles. The molecule has 0 nitrogen and oxygen atoms in total. The molecule has 0 amide bonds. The highest BCUT2D eigenvalue weighted by Gasteiger charge is 2.29. The Morgan fingerprint density at radius 1 is 1.27 bits per heavy atom. The van der Waals surface area contributed by atoms with Crippen molar-refractivity contribution < 1.29 is 0 Å². The van der Waals surface area contributed by atoms with Crippen molar-refractivity contribution in [2.75, 3.05) is 5.88 Å². The molecular weight excluding hydrogens is 156 g/mol. The molecule has 0 saturated heterocycles. The highest BCUT2D eigenvalue weighted by molar-refractivity contribution is 6.18. The van der Waals surface area contributed by atoms with Crippen LogP contribution in [0, 0.1) is 5.41 Å². The summed E-state index contributed by atoms with van der Waals surface area (Å²) in [5.74, 6) is 0.818. The molecule has 0 N–H and O–H groups in total. The van der Waals surface area contributed by atoms with Gasteiger partial charge in [-0.3, -0.25) is 0 Å². The molecule has 1 fully saturated rings. The summed E-state index contributed by atoms with van der Waals surface area (Å²) in [6, 6.07) is 0. The van der Waals surface area contributed by atoms with Crippen LogP contribution in [0.5, 0.6) is 0 Å². The highest BCUT2D eigenvalue weighted by atomic mass is 35.5. The minimum absolute atomic E-state index is 0.418. The summed E-state index contributed by atoms with van der Waals surface area (Å²) >= 11 is 5.97. The highest BCUT2D eigenvalue weighted by Crippen LogP contribution is 2.40. The van der Waals surface area contributed by atoms with Crippen LogP contribution in [-0.4, -0.2) is 5.88 Å². The topological polar surface area (TPSA) is 0 Å². The lowest BCUT2D eigenvalue weighted by atomic mass is 9.73. The van der Waals surface area contributed by atoms with Crippen molar-refractivity contribution in [2.45, 2.75) is 38.5 Å². The lowest BCUT2D eigenvalue weighted by Crippen LogP contribution is -2.25. The van der Waals surface area contributed by atoms with Crippen LogP contribution < -0.4 is 0 Å². The maximum absolute atomic E-state index is 5.97. The predicted molar refractivity (Wildman–Crippen MR) is 51.1 cm³/mol. The summed E-state index contributed by atoms with van der Waals surface area (Å²) in [5, 5.41) is 0. The maximum Gasteiger partial charge on any atom is 0.0282 e. The van der Waals surface area contributed by atoms with Gasteiger partial charge in [0, 0.05) is 5.88 Å². The van der Waals surface area contributed by atoms with E-state index in [9.17, 15) is 0 Å². The van der Waals surface area contributed by atoms with Crippen LogP contribution in [0.1, 0.15) is 38.5 Å². The summed E-state index contributed by atoms with van der Waals surface area (Å²) in [6.45, 7) is 3.79. The van der Waals surface area contributed by atoms with Gasteiger partial charge in [0.05, 0.1) is 0 Å². The average molecular weight is 173 g/mol. The zero-order chi connectivity index (χ0) is 8.16. The zero-order valence-electron chi connectivity index (χ0n) is 7.11. The maximum atomic E-state index is 5.97. The predicted octanol–water partition coefficient (Wildman–Crippen LogP) is 3.75. The van der Waals surface area contributed by atoms with Crippen molar-refractivity contribution in [1.29, 1.82) is 0 Å². The lowest BCUT2D eigenvalue weighted by Gasteiger charge is -2.34. The monoisotopic (exact) mass is 172 g/mol. The standard InChI is InChI=1S/C10H17Cl/c1-2-6-10(9-11)7-4-3-5-8-10/h2H,1,3-9H2. The first-order valence-corrected chi connectivity index (χ1v) is 5.03. The van der Waals surface area contributed by atoms with E-state index in [1.807, 2.05) is 6.08 Å². The molecular formula is C10H17Cl. The van der Waals surface area contributed by atoms with Gasteiger partial charge in [-0.2, -0.15) is 0 Å². The summed E-state index contributed by atoms with van der Waals surface area (Å²) < 4.78 is 0. The second-order valence-corrected chi connectivity index (χ2v) is 3.95. The molecule has 1 heteroatoms. The van der Waals surface area contributed by atoms with E-state index in [2.05, 4.69) is 6.58 Å². The first kappa shape index (κ1) is 9.12. The molecule has 1 aliphatic rings. The number of allylic oxidation sites excluding steroid dienone is 1. The third kappa shape index (κ3) is 2.23. The van der Waals surface area contributed by atoms with Crippen molar-refractivity contribution in [3.05, 3.63) is 12.7 Å². The molecule has 0 aromatic rings. The molecule has 64 valence electrons. The van der Waals surface area contributed by atoms with E-state index in [1.54, 1.807) is 0 Å². The molecule has 0 radical (unpaired) electrons. The molecule has 0 spiro atoms. The third-order valence-corrected chi connectivity index (χ3v) is 3.34. The van der Waals surface area contributed by atoms with Crippen LogP contribution in [-0.2, 0) is 0 Å². The van der Waals surface area contributed by atoms with E-state index >= 15 is 0 Å². The smallest absolute Gasteiger partial charge is 0.0282 e. The van der Waals surface area contributed by atoms with E-state index in [4.69, 9.17) is 11.6 Å². The van der Waals surface area contributed by atoms with Gasteiger partial charge in [0.1, 0.15) is 0 Å². The van der Waals surface area contributed by atoms with Crippen LogP contribution in [0.4, 0.5) is 0 Å². The van der Waals surface area contributed by atoms with Gasteiger partial charge in [-0.15, -0.1) is 18.2 Å². The van der Waals surface area contributed by atoms with Gasteiger partial charge < -0.3 is 0 Å². The van der Waals surface area contributed by atoms with Crippen molar-refractivity contribution in [3.8, 4) is 0 Å². The van der Waals surface area contributed by atoms with Crippen LogP contribution in [0.3, 0.4) is 0 Å². The lowest BCUT2D eigenvalue weighted by molar-refractivity contribution is 0.224. The van der Waals surface area contributed by atoms with Gasteiger partial charge in [-0.05, 0) is 24.7 Å². The number of rotatable bonds is 3. The summed E-state index contributed by atoms with van der Waals surface area (Å²) in [7, 11) is 0. The molecule has 11 heavy (non-hydrogen) atoms. The van der Waals surface area contributed by atoms with Gasteiger partial charge in [0.15, 0.2) is 0 Å². The molecule has 0 aromatic carbocycles. The summed E-state index contributed by atoms with van der Waals surface area (Å²) in [6.07, 6.45) is 9.87. The Morgan fingerprint density at radius 3 is 2.36 bits per heavy atom. The van der Waals surface area contributed by atoms with Crippen molar-refractivity contribution in [3.63, 3.8) is 0 Å². The molecule has 1 rings (SSSR count). The number of halogens is 1. The normalized spacial score (nSPS) is 23.0. The van der Waals surface area contributed by atoms with Crippen molar-refractivity contribution in [1.82, 2.24) is 0 Å². The molecule has 1 saturated carbocycles.